The third kappa shape index (κ3) is 8.31. The van der Waals surface area contributed by atoms with E-state index in [1.165, 1.54) is 15.2 Å². The zero-order chi connectivity index (χ0) is 42.3. The largest absolute Gasteiger partial charge is 0.490 e. The summed E-state index contributed by atoms with van der Waals surface area (Å²) >= 11 is 0.509. The molecule has 58 heavy (non-hydrogen) atoms. The van der Waals surface area contributed by atoms with E-state index in [4.69, 9.17) is 9.47 Å². The molecule has 2 amide bonds. The Kier molecular flexibility index (Phi) is 12.3. The van der Waals surface area contributed by atoms with Crippen molar-refractivity contribution in [2.75, 3.05) is 19.6 Å². The Morgan fingerprint density at radius 3 is 2.43 bits per heavy atom. The first-order valence-corrected chi connectivity index (χ1v) is 20.6. The van der Waals surface area contributed by atoms with Gasteiger partial charge in [-0.05, 0) is 88.0 Å². The number of alkyl halides is 6. The van der Waals surface area contributed by atoms with Gasteiger partial charge in [0.15, 0.2) is 0 Å². The van der Waals surface area contributed by atoms with Crippen LogP contribution in [0.5, 0.6) is 0 Å². The molecule has 1 N–H and O–H groups in total. The first-order valence-electron chi connectivity index (χ1n) is 19.7. The highest BCUT2D eigenvalue weighted by Crippen LogP contribution is 2.53. The molecule has 6 rings (SSSR count). The van der Waals surface area contributed by atoms with Gasteiger partial charge in [-0.1, -0.05) is 26.3 Å². The van der Waals surface area contributed by atoms with Gasteiger partial charge in [0.05, 0.1) is 35.1 Å². The number of aliphatic carboxylic acids is 1. The number of halogens is 6. The lowest BCUT2D eigenvalue weighted by atomic mass is 9.69. The molecule has 0 bridgehead atoms. The van der Waals surface area contributed by atoms with E-state index >= 15 is 4.79 Å². The van der Waals surface area contributed by atoms with Gasteiger partial charge in [-0.3, -0.25) is 19.4 Å². The first-order chi connectivity index (χ1) is 27.3. The molecule has 4 heterocycles. The topological polar surface area (TPSA) is 133 Å². The molecule has 1 aromatic rings. The standard InChI is InChI=1S/C41H48F6N4O6S/c1-4-7-32-39(57-28-22-37(3,58-23-28)41(45,46)47,13-6-17-51(32)34(52)33-29(40(42,43)44)8-5-16-49-33)36(55)50-18-14-38(24-48,15-19-50)30-20-25(2)9-12-31(30)56-27-11-10-26(21-27)35(53)54/h5,8-9,12,16,23,25-27,32H,4,6-7,10-11,13-15,17-22H2,1-3H3,(H,53,54)/t25?,26-,27-,32+,37?,39-/m0/s1. The van der Waals surface area contributed by atoms with E-state index in [0.29, 0.717) is 49.6 Å². The van der Waals surface area contributed by atoms with Gasteiger partial charge >= 0.3 is 18.3 Å². The van der Waals surface area contributed by atoms with Crippen molar-refractivity contribution in [2.45, 2.75) is 126 Å². The molecule has 1 aromatic heterocycles. The molecule has 6 atom stereocenters. The van der Waals surface area contributed by atoms with Crippen LogP contribution in [0.3, 0.4) is 0 Å². The molecule has 17 heteroatoms. The molecule has 0 spiro atoms. The van der Waals surface area contributed by atoms with Gasteiger partial charge in [-0.15, -0.1) is 11.8 Å². The number of nitrogens with zero attached hydrogens (tertiary/aromatic N) is 4. The van der Waals surface area contributed by atoms with Crippen molar-refractivity contribution in [2.24, 2.45) is 17.3 Å². The zero-order valence-electron chi connectivity index (χ0n) is 32.6. The summed E-state index contributed by atoms with van der Waals surface area (Å²) < 4.78 is 95.7. The quantitative estimate of drug-likeness (QED) is 0.230. The summed E-state index contributed by atoms with van der Waals surface area (Å²) in [5.41, 5.74) is -4.37. The third-order valence-electron chi connectivity index (χ3n) is 12.4. The second-order valence-corrected chi connectivity index (χ2v) is 17.7. The SMILES string of the molecule is CCC[C@H]1N(C(=O)c2ncccc2C(F)(F)F)CCC[C@@]1(OC1=CSC(C)(C(F)(F)F)C1)C(=O)N1CCC(C#N)(C2=C(O[C@H]3CC[C@H](C(=O)O)C3)C=CC(C)C2)CC1. The summed E-state index contributed by atoms with van der Waals surface area (Å²) in [7, 11) is 0. The highest BCUT2D eigenvalue weighted by Gasteiger charge is 2.60. The van der Waals surface area contributed by atoms with Crippen molar-refractivity contribution < 1.29 is 55.3 Å². The number of hydrogen-bond donors (Lipinski definition) is 1. The van der Waals surface area contributed by atoms with Crippen molar-refractivity contribution in [3.8, 4) is 6.07 Å². The minimum absolute atomic E-state index is 0.0244. The molecule has 2 aliphatic carbocycles. The number of carbonyl (C=O) groups excluding carboxylic acids is 2. The predicted molar refractivity (Wildman–Crippen MR) is 200 cm³/mol. The van der Waals surface area contributed by atoms with Crippen LogP contribution >= 0.6 is 11.8 Å². The maximum absolute atomic E-state index is 15.2. The molecule has 10 nitrogen and oxygen atoms in total. The van der Waals surface area contributed by atoms with Crippen LogP contribution in [0.25, 0.3) is 0 Å². The van der Waals surface area contributed by atoms with E-state index in [1.807, 2.05) is 19.1 Å². The lowest BCUT2D eigenvalue weighted by Crippen LogP contribution is -2.67. The smallest absolute Gasteiger partial charge is 0.418 e. The second kappa shape index (κ2) is 16.5. The number of nitriles is 1. The van der Waals surface area contributed by atoms with E-state index in [1.54, 1.807) is 6.92 Å². The van der Waals surface area contributed by atoms with E-state index < -0.39 is 75.5 Å². The van der Waals surface area contributed by atoms with Crippen LogP contribution in [0.4, 0.5) is 26.3 Å². The molecule has 1 saturated carbocycles. The number of thioether (sulfide) groups is 1. The average Bonchev–Trinajstić information content (AvgIpc) is 3.82. The van der Waals surface area contributed by atoms with Crippen LogP contribution in [0, 0.1) is 28.6 Å². The number of piperidine rings is 2. The Balaban J connectivity index is 1.33. The van der Waals surface area contributed by atoms with Crippen LogP contribution in [0.15, 0.2) is 53.0 Å². The average molecular weight is 839 g/mol. The Hall–Kier alpha value is -4.20. The fourth-order valence-corrected chi connectivity index (χ4v) is 9.98. The van der Waals surface area contributed by atoms with Gasteiger partial charge in [0.25, 0.3) is 11.8 Å². The number of carbonyl (C=O) groups is 3. The molecular weight excluding hydrogens is 791 g/mol. The number of pyridine rings is 1. The van der Waals surface area contributed by atoms with Crippen LogP contribution < -0.4 is 0 Å². The number of carboxylic acid groups (broad SMARTS) is 1. The molecule has 2 saturated heterocycles. The minimum atomic E-state index is -4.92. The van der Waals surface area contributed by atoms with Gasteiger partial charge in [0.2, 0.25) is 5.60 Å². The van der Waals surface area contributed by atoms with Crippen molar-refractivity contribution in [1.82, 2.24) is 14.8 Å². The molecule has 0 radical (unpaired) electrons. The normalized spacial score (nSPS) is 30.2. The summed E-state index contributed by atoms with van der Waals surface area (Å²) in [5.74, 6) is -2.62. The summed E-state index contributed by atoms with van der Waals surface area (Å²) in [6.07, 6.45) is -2.90. The van der Waals surface area contributed by atoms with E-state index in [0.717, 1.165) is 30.8 Å². The van der Waals surface area contributed by atoms with Gasteiger partial charge in [-0.2, -0.15) is 31.6 Å². The van der Waals surface area contributed by atoms with Crippen LogP contribution in [-0.4, -0.2) is 86.0 Å². The van der Waals surface area contributed by atoms with Crippen LogP contribution in [0.2, 0.25) is 0 Å². The maximum atomic E-state index is 15.2. The number of ether oxygens (including phenoxy) is 2. The van der Waals surface area contributed by atoms with Crippen molar-refractivity contribution in [3.05, 3.63) is 64.2 Å². The van der Waals surface area contributed by atoms with E-state index in [9.17, 15) is 46.3 Å². The maximum Gasteiger partial charge on any atom is 0.418 e. The summed E-state index contributed by atoms with van der Waals surface area (Å²) in [4.78, 5) is 47.4. The molecule has 3 aliphatic heterocycles. The number of allylic oxidation sites excluding steroid dienone is 4. The van der Waals surface area contributed by atoms with Gasteiger partial charge in [0, 0.05) is 44.1 Å². The Labute approximate surface area is 337 Å². The van der Waals surface area contributed by atoms with Crippen molar-refractivity contribution >= 4 is 29.5 Å². The number of aromatic nitrogens is 1. The molecule has 5 aliphatic rings. The van der Waals surface area contributed by atoms with Gasteiger partial charge in [-0.25, -0.2) is 0 Å². The van der Waals surface area contributed by atoms with E-state index in [-0.39, 0.29) is 69.5 Å². The highest BCUT2D eigenvalue weighted by atomic mass is 32.2. The second-order valence-electron chi connectivity index (χ2n) is 16.4. The lowest BCUT2D eigenvalue weighted by molar-refractivity contribution is -0.173. The highest BCUT2D eigenvalue weighted by molar-refractivity contribution is 8.03. The number of likely N-dealkylation sites (tertiary alicyclic amines) is 2. The Bertz CT molecular complexity index is 1900. The molecular formula is C41H48F6N4O6S. The number of rotatable bonds is 10. The van der Waals surface area contributed by atoms with Gasteiger partial charge < -0.3 is 24.4 Å². The predicted octanol–water partition coefficient (Wildman–Crippen LogP) is 8.81. The number of hydrogen-bond acceptors (Lipinski definition) is 8. The number of carboxylic acids is 1. The molecule has 3 fully saturated rings. The monoisotopic (exact) mass is 838 g/mol. The van der Waals surface area contributed by atoms with E-state index in [2.05, 4.69) is 11.1 Å². The minimum Gasteiger partial charge on any atom is -0.490 e. The summed E-state index contributed by atoms with van der Waals surface area (Å²) in [6, 6.07) is 3.14. The van der Waals surface area contributed by atoms with Crippen LogP contribution in [0.1, 0.15) is 107 Å². The third-order valence-corrected chi connectivity index (χ3v) is 13.6. The number of amides is 2. The molecule has 316 valence electrons. The Morgan fingerprint density at radius 2 is 1.83 bits per heavy atom. The van der Waals surface area contributed by atoms with Crippen molar-refractivity contribution in [1.29, 1.82) is 5.26 Å². The first kappa shape index (κ1) is 43.4. The fourth-order valence-electron chi connectivity index (χ4n) is 9.09. The van der Waals surface area contributed by atoms with Crippen molar-refractivity contribution in [3.63, 3.8) is 0 Å². The zero-order valence-corrected chi connectivity index (χ0v) is 33.4. The van der Waals surface area contributed by atoms with Gasteiger partial charge in [0.1, 0.15) is 22.0 Å². The lowest BCUT2D eigenvalue weighted by Gasteiger charge is -2.51. The molecule has 2 unspecified atom stereocenters. The Morgan fingerprint density at radius 1 is 1.10 bits per heavy atom. The molecule has 0 aromatic carbocycles. The summed E-state index contributed by atoms with van der Waals surface area (Å²) in [6.45, 7) is 4.82. The van der Waals surface area contributed by atoms with Crippen LogP contribution in [-0.2, 0) is 25.2 Å². The fraction of sp³-hybridized carbons (Fsp3) is 0.634. The summed E-state index contributed by atoms with van der Waals surface area (Å²) in [5, 5.41) is 21.5.